The molecule has 1 rings (SSSR count). The lowest BCUT2D eigenvalue weighted by Gasteiger charge is -2.40. The summed E-state index contributed by atoms with van der Waals surface area (Å²) in [4.78, 5) is 2.07. The van der Waals surface area contributed by atoms with Crippen molar-refractivity contribution in [2.75, 3.05) is 13.7 Å². The molecule has 0 aliphatic rings. The average Bonchev–Trinajstić information content (AvgIpc) is 2.64. The lowest BCUT2D eigenvalue weighted by Crippen LogP contribution is -2.50. The predicted molar refractivity (Wildman–Crippen MR) is 68.8 cm³/mol. The van der Waals surface area contributed by atoms with Gasteiger partial charge in [-0.3, -0.25) is 4.90 Å². The molecule has 2 unspecified atom stereocenters. The van der Waals surface area contributed by atoms with E-state index in [1.165, 1.54) is 0 Å². The van der Waals surface area contributed by atoms with Crippen molar-refractivity contribution in [3.05, 3.63) is 23.7 Å². The number of aliphatic hydroxyl groups is 1. The zero-order valence-corrected chi connectivity index (χ0v) is 11.4. The molecule has 0 spiro atoms. The summed E-state index contributed by atoms with van der Waals surface area (Å²) in [5, 5.41) is 9.43. The molecule has 98 valence electrons. The van der Waals surface area contributed by atoms with Gasteiger partial charge in [0.15, 0.2) is 0 Å². The Morgan fingerprint density at radius 3 is 2.41 bits per heavy atom. The Balaban J connectivity index is 3.02. The minimum absolute atomic E-state index is 0.0363. The molecule has 1 aromatic heterocycles. The standard InChI is InChI=1S/C13H24N2O2/c1-9-6-7-11(17-9)12(10(2)14)15(5)13(3,4)8-16/h6-7,10,12,16H,8,14H2,1-5H3. The second-order valence-electron chi connectivity index (χ2n) is 5.33. The van der Waals surface area contributed by atoms with Crippen LogP contribution in [-0.4, -0.2) is 35.2 Å². The monoisotopic (exact) mass is 240 g/mol. The first-order valence-corrected chi connectivity index (χ1v) is 5.95. The van der Waals surface area contributed by atoms with Crippen LogP contribution in [-0.2, 0) is 0 Å². The van der Waals surface area contributed by atoms with Gasteiger partial charge in [0.25, 0.3) is 0 Å². The molecule has 1 heterocycles. The van der Waals surface area contributed by atoms with Crippen LogP contribution in [0.3, 0.4) is 0 Å². The van der Waals surface area contributed by atoms with E-state index in [1.807, 2.05) is 46.9 Å². The van der Waals surface area contributed by atoms with Crippen molar-refractivity contribution in [1.82, 2.24) is 4.90 Å². The zero-order chi connectivity index (χ0) is 13.2. The molecule has 0 bridgehead atoms. The maximum atomic E-state index is 9.43. The van der Waals surface area contributed by atoms with E-state index in [2.05, 4.69) is 4.90 Å². The van der Waals surface area contributed by atoms with Crippen LogP contribution in [0.2, 0.25) is 0 Å². The average molecular weight is 240 g/mol. The van der Waals surface area contributed by atoms with Crippen molar-refractivity contribution in [1.29, 1.82) is 0 Å². The van der Waals surface area contributed by atoms with Crippen molar-refractivity contribution >= 4 is 0 Å². The smallest absolute Gasteiger partial charge is 0.122 e. The lowest BCUT2D eigenvalue weighted by molar-refractivity contribution is 0.0290. The SMILES string of the molecule is Cc1ccc(C(C(C)N)N(C)C(C)(C)CO)o1. The van der Waals surface area contributed by atoms with Crippen LogP contribution in [0.5, 0.6) is 0 Å². The van der Waals surface area contributed by atoms with Gasteiger partial charge in [0.2, 0.25) is 0 Å². The Morgan fingerprint density at radius 1 is 1.47 bits per heavy atom. The van der Waals surface area contributed by atoms with Crippen LogP contribution < -0.4 is 5.73 Å². The van der Waals surface area contributed by atoms with Gasteiger partial charge in [0.05, 0.1) is 12.6 Å². The molecule has 4 heteroatoms. The Bertz CT molecular complexity index is 358. The lowest BCUT2D eigenvalue weighted by atomic mass is 9.97. The van der Waals surface area contributed by atoms with E-state index < -0.39 is 0 Å². The van der Waals surface area contributed by atoms with Gasteiger partial charge in [0, 0.05) is 11.6 Å². The second-order valence-corrected chi connectivity index (χ2v) is 5.33. The first-order chi connectivity index (χ1) is 7.79. The van der Waals surface area contributed by atoms with E-state index in [0.717, 1.165) is 11.5 Å². The van der Waals surface area contributed by atoms with Crippen LogP contribution in [0.25, 0.3) is 0 Å². The minimum Gasteiger partial charge on any atom is -0.465 e. The highest BCUT2D eigenvalue weighted by Gasteiger charge is 2.33. The molecule has 0 amide bonds. The van der Waals surface area contributed by atoms with E-state index >= 15 is 0 Å². The second kappa shape index (κ2) is 5.21. The van der Waals surface area contributed by atoms with Gasteiger partial charge in [-0.2, -0.15) is 0 Å². The van der Waals surface area contributed by atoms with Crippen LogP contribution in [0, 0.1) is 6.92 Å². The molecule has 0 fully saturated rings. The summed E-state index contributed by atoms with van der Waals surface area (Å²) in [6.07, 6.45) is 0. The molecule has 0 saturated carbocycles. The van der Waals surface area contributed by atoms with Gasteiger partial charge in [0.1, 0.15) is 11.5 Å². The molecule has 0 aliphatic heterocycles. The largest absolute Gasteiger partial charge is 0.465 e. The maximum absolute atomic E-state index is 9.43. The summed E-state index contributed by atoms with van der Waals surface area (Å²) in [6, 6.07) is 3.78. The van der Waals surface area contributed by atoms with E-state index in [9.17, 15) is 5.11 Å². The number of nitrogens with two attached hydrogens (primary N) is 1. The molecule has 17 heavy (non-hydrogen) atoms. The number of nitrogens with zero attached hydrogens (tertiary/aromatic N) is 1. The highest BCUT2D eigenvalue weighted by atomic mass is 16.3. The predicted octanol–water partition coefficient (Wildman–Crippen LogP) is 1.68. The Morgan fingerprint density at radius 2 is 2.06 bits per heavy atom. The fourth-order valence-corrected chi connectivity index (χ4v) is 1.90. The van der Waals surface area contributed by atoms with Crippen molar-refractivity contribution in [2.24, 2.45) is 5.73 Å². The molecule has 0 aliphatic carbocycles. The third kappa shape index (κ3) is 3.09. The molecule has 0 saturated heterocycles. The number of aliphatic hydroxyl groups excluding tert-OH is 1. The van der Waals surface area contributed by atoms with Gasteiger partial charge in [-0.1, -0.05) is 0 Å². The third-order valence-corrected chi connectivity index (χ3v) is 3.31. The quantitative estimate of drug-likeness (QED) is 0.822. The summed E-state index contributed by atoms with van der Waals surface area (Å²) in [5.41, 5.74) is 5.71. The minimum atomic E-state index is -0.334. The van der Waals surface area contributed by atoms with Crippen LogP contribution in [0.15, 0.2) is 16.5 Å². The van der Waals surface area contributed by atoms with E-state index in [-0.39, 0.29) is 24.2 Å². The number of aryl methyl sites for hydroxylation is 1. The Hall–Kier alpha value is -0.840. The van der Waals surface area contributed by atoms with Gasteiger partial charge in [-0.25, -0.2) is 0 Å². The molecule has 3 N–H and O–H groups in total. The van der Waals surface area contributed by atoms with Crippen molar-refractivity contribution in [3.63, 3.8) is 0 Å². The van der Waals surface area contributed by atoms with Crippen LogP contribution in [0.1, 0.15) is 38.3 Å². The van der Waals surface area contributed by atoms with E-state index in [0.29, 0.717) is 0 Å². The van der Waals surface area contributed by atoms with Gasteiger partial charge in [-0.15, -0.1) is 0 Å². The van der Waals surface area contributed by atoms with Gasteiger partial charge >= 0.3 is 0 Å². The van der Waals surface area contributed by atoms with Crippen molar-refractivity contribution in [3.8, 4) is 0 Å². The van der Waals surface area contributed by atoms with E-state index in [4.69, 9.17) is 10.2 Å². The summed E-state index contributed by atoms with van der Waals surface area (Å²) in [7, 11) is 1.96. The number of hydrogen-bond donors (Lipinski definition) is 2. The molecular formula is C13H24N2O2. The highest BCUT2D eigenvalue weighted by molar-refractivity contribution is 5.12. The van der Waals surface area contributed by atoms with Crippen molar-refractivity contribution < 1.29 is 9.52 Å². The summed E-state index contributed by atoms with van der Waals surface area (Å²) < 4.78 is 5.66. The maximum Gasteiger partial charge on any atom is 0.122 e. The van der Waals surface area contributed by atoms with E-state index in [1.54, 1.807) is 0 Å². The number of likely N-dealkylation sites (N-methyl/N-ethyl adjacent to an activating group) is 1. The topological polar surface area (TPSA) is 62.6 Å². The van der Waals surface area contributed by atoms with Gasteiger partial charge in [-0.05, 0) is 46.9 Å². The van der Waals surface area contributed by atoms with Crippen LogP contribution >= 0.6 is 0 Å². The number of furan rings is 1. The number of hydrogen-bond acceptors (Lipinski definition) is 4. The van der Waals surface area contributed by atoms with Gasteiger partial charge < -0.3 is 15.3 Å². The molecule has 4 nitrogen and oxygen atoms in total. The van der Waals surface area contributed by atoms with Crippen LogP contribution in [0.4, 0.5) is 0 Å². The zero-order valence-electron chi connectivity index (χ0n) is 11.4. The molecule has 0 aromatic carbocycles. The molecule has 2 atom stereocenters. The Labute approximate surface area is 103 Å². The summed E-state index contributed by atoms with van der Waals surface area (Å²) >= 11 is 0. The first-order valence-electron chi connectivity index (χ1n) is 5.95. The number of rotatable bonds is 5. The van der Waals surface area contributed by atoms with Crippen molar-refractivity contribution in [2.45, 2.75) is 45.3 Å². The summed E-state index contributed by atoms with van der Waals surface area (Å²) in [6.45, 7) is 7.91. The highest BCUT2D eigenvalue weighted by Crippen LogP contribution is 2.29. The fraction of sp³-hybridized carbons (Fsp3) is 0.692. The summed E-state index contributed by atoms with van der Waals surface area (Å²) in [5.74, 6) is 1.72. The normalized spacial score (nSPS) is 16.2. The molecular weight excluding hydrogens is 216 g/mol. The molecule has 1 aromatic rings. The third-order valence-electron chi connectivity index (χ3n) is 3.31. The fourth-order valence-electron chi connectivity index (χ4n) is 1.90. The molecule has 0 radical (unpaired) electrons. The first kappa shape index (κ1) is 14.2. The Kier molecular flexibility index (Phi) is 4.36.